The van der Waals surface area contributed by atoms with E-state index in [-0.39, 0.29) is 34.9 Å². The summed E-state index contributed by atoms with van der Waals surface area (Å²) in [6, 6.07) is 13.2. The highest BCUT2D eigenvalue weighted by atomic mass is 28.4. The molecule has 0 unspecified atom stereocenters. The molecule has 3 aliphatic rings. The van der Waals surface area contributed by atoms with Crippen molar-refractivity contribution >= 4 is 20.2 Å². The zero-order chi connectivity index (χ0) is 41.7. The molecule has 322 valence electrons. The maximum Gasteiger partial charge on any atom is 0.329 e. The van der Waals surface area contributed by atoms with Gasteiger partial charge in [0.05, 0.1) is 39.5 Å². The molecule has 2 heterocycles. The summed E-state index contributed by atoms with van der Waals surface area (Å²) in [6.07, 6.45) is 12.1. The minimum absolute atomic E-state index is 0.0124. The van der Waals surface area contributed by atoms with Crippen molar-refractivity contribution in [3.63, 3.8) is 0 Å². The van der Waals surface area contributed by atoms with Crippen molar-refractivity contribution in [1.82, 2.24) is 9.80 Å². The van der Waals surface area contributed by atoms with Crippen LogP contribution >= 0.6 is 0 Å². The van der Waals surface area contributed by atoms with E-state index in [9.17, 15) is 4.79 Å². The number of aryl methyl sites for hydroxylation is 1. The highest BCUT2D eigenvalue weighted by molar-refractivity contribution is 6.74. The summed E-state index contributed by atoms with van der Waals surface area (Å²) in [5, 5.41) is -0.0124. The Morgan fingerprint density at radius 3 is 2.33 bits per heavy atom. The third-order valence-electron chi connectivity index (χ3n) is 12.9. The fourth-order valence-corrected chi connectivity index (χ4v) is 9.70. The normalized spacial score (nSPS) is 20.3. The second-order valence-corrected chi connectivity index (χ2v) is 22.6. The molecule has 0 spiro atoms. The second kappa shape index (κ2) is 21.7. The zero-order valence-corrected chi connectivity index (χ0v) is 37.8. The fraction of sp³-hybridized carbons (Fsp3) is 0.660. The molecule has 4 atom stereocenters. The average Bonchev–Trinajstić information content (AvgIpc) is 3.22. The highest BCUT2D eigenvalue weighted by Gasteiger charge is 2.46. The lowest BCUT2D eigenvalue weighted by Gasteiger charge is -2.45. The number of carbonyl (C=O) groups excluding carboxylic acids is 2. The first kappa shape index (κ1) is 45.7. The maximum atomic E-state index is 15.2. The number of hydrogen-bond acceptors (Lipinski definition) is 9. The number of hydrogen-bond donors (Lipinski definition) is 0. The molecule has 2 aliphatic heterocycles. The van der Waals surface area contributed by atoms with E-state index < -0.39 is 20.5 Å². The summed E-state index contributed by atoms with van der Waals surface area (Å²) in [4.78, 5) is 34.0. The van der Waals surface area contributed by atoms with Crippen LogP contribution in [0.5, 0.6) is 17.2 Å². The largest absolute Gasteiger partial charge is 0.493 e. The summed E-state index contributed by atoms with van der Waals surface area (Å²) in [7, 11) is 1.02. The standard InChI is InChI=1S/C47H72N2O8Si/c1-9-16-42(57-58(7,8)47(2,3)4)44(36-17-11-10-12-18-36)45(50)49-26-14-13-21-39(49)46(51)56-40(24-22-35-23-25-41(52-5)43(33-35)53-6)37-19-15-20-38(34-37)55-32-29-48-27-30-54-31-28-48/h9,15-16,19-20,23,25,33-34,36,39-40,42,44H,10-14,17-18,21-22,24,26-32H2,1-8H3/b16-9+/t39-,40+,42-,44+/m1/s1. The minimum Gasteiger partial charge on any atom is -0.493 e. The number of piperidine rings is 1. The van der Waals surface area contributed by atoms with Crippen molar-refractivity contribution in [2.75, 3.05) is 60.2 Å². The molecular weight excluding hydrogens is 749 g/mol. The van der Waals surface area contributed by atoms with Crippen molar-refractivity contribution in [2.45, 2.75) is 128 Å². The molecule has 2 aromatic rings. The lowest BCUT2D eigenvalue weighted by atomic mass is 9.76. The minimum atomic E-state index is -2.24. The monoisotopic (exact) mass is 821 g/mol. The first-order valence-corrected chi connectivity index (χ1v) is 24.8. The van der Waals surface area contributed by atoms with Crippen molar-refractivity contribution in [2.24, 2.45) is 11.8 Å². The number of esters is 1. The second-order valence-electron chi connectivity index (χ2n) is 17.9. The SMILES string of the molecule is C/C=C/[C@@H](O[Si](C)(C)C(C)(C)C)[C@@H](C(=O)N1CCCC[C@@H]1C(=O)O[C@@H](CCc1ccc(OC)c(OC)c1)c1cccc(OCCN2CCOCC2)c1)C1CCCCC1. The van der Waals surface area contributed by atoms with E-state index in [0.717, 1.165) is 88.2 Å². The van der Waals surface area contributed by atoms with Crippen LogP contribution in [0.25, 0.3) is 0 Å². The van der Waals surface area contributed by atoms with Gasteiger partial charge in [-0.05, 0) is 111 Å². The molecule has 0 N–H and O–H groups in total. The molecule has 3 fully saturated rings. The lowest BCUT2D eigenvalue weighted by molar-refractivity contribution is -0.165. The first-order valence-electron chi connectivity index (χ1n) is 21.9. The van der Waals surface area contributed by atoms with Crippen molar-refractivity contribution < 1.29 is 37.7 Å². The third-order valence-corrected chi connectivity index (χ3v) is 17.4. The quantitative estimate of drug-likeness (QED) is 0.0829. The summed E-state index contributed by atoms with van der Waals surface area (Å²) < 4.78 is 36.5. The molecule has 2 saturated heterocycles. The molecule has 0 radical (unpaired) electrons. The van der Waals surface area contributed by atoms with Crippen LogP contribution in [0.15, 0.2) is 54.6 Å². The number of nitrogens with zero attached hydrogens (tertiary/aromatic N) is 2. The number of rotatable bonds is 18. The van der Waals surface area contributed by atoms with Gasteiger partial charge in [-0.25, -0.2) is 4.79 Å². The Kier molecular flexibility index (Phi) is 17.1. The van der Waals surface area contributed by atoms with Crippen LogP contribution in [0.2, 0.25) is 18.1 Å². The van der Waals surface area contributed by atoms with Gasteiger partial charge in [0.15, 0.2) is 19.8 Å². The predicted octanol–water partition coefficient (Wildman–Crippen LogP) is 9.18. The van der Waals surface area contributed by atoms with Crippen molar-refractivity contribution in [3.8, 4) is 17.2 Å². The van der Waals surface area contributed by atoms with Crippen LogP contribution in [-0.4, -0.2) is 102 Å². The summed E-state index contributed by atoms with van der Waals surface area (Å²) in [6.45, 7) is 18.5. The van der Waals surface area contributed by atoms with Gasteiger partial charge in [-0.2, -0.15) is 0 Å². The molecule has 58 heavy (non-hydrogen) atoms. The van der Waals surface area contributed by atoms with Gasteiger partial charge in [0, 0.05) is 26.2 Å². The van der Waals surface area contributed by atoms with E-state index in [4.69, 9.17) is 28.1 Å². The van der Waals surface area contributed by atoms with Gasteiger partial charge in [0.1, 0.15) is 24.5 Å². The van der Waals surface area contributed by atoms with Gasteiger partial charge in [-0.3, -0.25) is 9.69 Å². The molecule has 1 saturated carbocycles. The number of likely N-dealkylation sites (tertiary alicyclic amines) is 1. The number of morpholine rings is 1. The Bertz CT molecular complexity index is 1630. The van der Waals surface area contributed by atoms with Crippen LogP contribution < -0.4 is 14.2 Å². The molecule has 1 aliphatic carbocycles. The fourth-order valence-electron chi connectivity index (χ4n) is 8.44. The molecule has 0 aromatic heterocycles. The van der Waals surface area contributed by atoms with E-state index >= 15 is 4.79 Å². The maximum absolute atomic E-state index is 15.2. The Morgan fingerprint density at radius 1 is 0.914 bits per heavy atom. The van der Waals surface area contributed by atoms with Gasteiger partial charge in [0.2, 0.25) is 5.91 Å². The van der Waals surface area contributed by atoms with Gasteiger partial charge >= 0.3 is 5.97 Å². The van der Waals surface area contributed by atoms with E-state index in [0.29, 0.717) is 43.9 Å². The Balaban J connectivity index is 1.40. The van der Waals surface area contributed by atoms with Crippen molar-refractivity contribution in [1.29, 1.82) is 0 Å². The number of carbonyl (C=O) groups is 2. The van der Waals surface area contributed by atoms with Crippen LogP contribution in [0.1, 0.15) is 103 Å². The third kappa shape index (κ3) is 12.3. The van der Waals surface area contributed by atoms with E-state index in [1.807, 2.05) is 60.4 Å². The van der Waals surface area contributed by atoms with E-state index in [1.165, 1.54) is 6.42 Å². The first-order chi connectivity index (χ1) is 27.8. The number of allylic oxidation sites excluding steroid dienone is 1. The smallest absolute Gasteiger partial charge is 0.329 e. The zero-order valence-electron chi connectivity index (χ0n) is 36.8. The highest BCUT2D eigenvalue weighted by Crippen LogP contribution is 2.42. The Hall–Kier alpha value is -3.38. The van der Waals surface area contributed by atoms with Crippen LogP contribution in [0, 0.1) is 11.8 Å². The summed E-state index contributed by atoms with van der Waals surface area (Å²) in [5.74, 6) is 1.59. The predicted molar refractivity (Wildman–Crippen MR) is 232 cm³/mol. The van der Waals surface area contributed by atoms with Gasteiger partial charge in [-0.1, -0.05) is 70.4 Å². The molecule has 5 rings (SSSR count). The number of amides is 1. The molecule has 2 aromatic carbocycles. The van der Waals surface area contributed by atoms with Crippen molar-refractivity contribution in [3.05, 3.63) is 65.7 Å². The number of benzene rings is 2. The van der Waals surface area contributed by atoms with Gasteiger partial charge < -0.3 is 33.0 Å². The number of ether oxygens (including phenoxy) is 5. The van der Waals surface area contributed by atoms with Gasteiger partial charge in [0.25, 0.3) is 0 Å². The molecule has 10 nitrogen and oxygen atoms in total. The Labute approximate surface area is 350 Å². The topological polar surface area (TPSA) is 96.0 Å². The van der Waals surface area contributed by atoms with Gasteiger partial charge in [-0.15, -0.1) is 0 Å². The van der Waals surface area contributed by atoms with Crippen LogP contribution in [0.4, 0.5) is 0 Å². The van der Waals surface area contributed by atoms with Crippen LogP contribution in [-0.2, 0) is 29.9 Å². The Morgan fingerprint density at radius 2 is 1.64 bits per heavy atom. The van der Waals surface area contributed by atoms with Crippen LogP contribution in [0.3, 0.4) is 0 Å². The average molecular weight is 821 g/mol. The molecule has 0 bridgehead atoms. The molecule has 11 heteroatoms. The number of methoxy groups -OCH3 is 2. The lowest BCUT2D eigenvalue weighted by Crippen LogP contribution is -2.55. The van der Waals surface area contributed by atoms with E-state index in [1.54, 1.807) is 14.2 Å². The van der Waals surface area contributed by atoms with E-state index in [2.05, 4.69) is 44.8 Å². The summed E-state index contributed by atoms with van der Waals surface area (Å²) in [5.41, 5.74) is 1.90. The molecular formula is C47H72N2O8Si. The summed E-state index contributed by atoms with van der Waals surface area (Å²) >= 11 is 0. The molecule has 1 amide bonds.